The molecule has 17 heavy (non-hydrogen) atoms. The quantitative estimate of drug-likeness (QED) is 0.575. The Kier molecular flexibility index (Phi) is 3.46. The first-order valence-corrected chi connectivity index (χ1v) is 5.29. The summed E-state index contributed by atoms with van der Waals surface area (Å²) in [5.41, 5.74) is 1.30. The summed E-state index contributed by atoms with van der Waals surface area (Å²) >= 11 is 0. The molecule has 0 fully saturated rings. The molecular formula is C15H11FO. The molecule has 0 saturated carbocycles. The van der Waals surface area contributed by atoms with Gasteiger partial charge in [-0.25, -0.2) is 4.39 Å². The van der Waals surface area contributed by atoms with Gasteiger partial charge < -0.3 is 0 Å². The lowest BCUT2D eigenvalue weighted by Crippen LogP contribution is -1.94. The average molecular weight is 226 g/mol. The van der Waals surface area contributed by atoms with Gasteiger partial charge in [-0.15, -0.1) is 0 Å². The highest BCUT2D eigenvalue weighted by Gasteiger charge is 2.01. The van der Waals surface area contributed by atoms with Crippen LogP contribution in [0.1, 0.15) is 15.9 Å². The van der Waals surface area contributed by atoms with Crippen molar-refractivity contribution in [2.75, 3.05) is 0 Å². The number of carbonyl (C=O) groups is 1. The Balaban J connectivity index is 2.15. The largest absolute Gasteiger partial charge is 0.289 e. The SMILES string of the molecule is O=C(/C=C/c1ccccc1)c1cccc(F)c1. The minimum absolute atomic E-state index is 0.201. The summed E-state index contributed by atoms with van der Waals surface area (Å²) in [6, 6.07) is 15.2. The van der Waals surface area contributed by atoms with Crippen molar-refractivity contribution in [1.29, 1.82) is 0 Å². The van der Waals surface area contributed by atoms with Gasteiger partial charge in [0.2, 0.25) is 0 Å². The third-order valence-electron chi connectivity index (χ3n) is 2.34. The molecule has 2 aromatic carbocycles. The van der Waals surface area contributed by atoms with Gasteiger partial charge in [0.25, 0.3) is 0 Å². The van der Waals surface area contributed by atoms with E-state index in [0.29, 0.717) is 5.56 Å². The van der Waals surface area contributed by atoms with E-state index in [0.717, 1.165) is 5.56 Å². The maximum atomic E-state index is 12.9. The van der Waals surface area contributed by atoms with Crippen LogP contribution in [-0.2, 0) is 0 Å². The standard InChI is InChI=1S/C15H11FO/c16-14-8-4-7-13(11-14)15(17)10-9-12-5-2-1-3-6-12/h1-11H/b10-9+. The molecule has 0 aliphatic heterocycles. The van der Waals surface area contributed by atoms with E-state index in [-0.39, 0.29) is 5.78 Å². The van der Waals surface area contributed by atoms with E-state index >= 15 is 0 Å². The molecule has 0 aliphatic carbocycles. The van der Waals surface area contributed by atoms with E-state index in [1.54, 1.807) is 12.1 Å². The molecule has 0 N–H and O–H groups in total. The Bertz CT molecular complexity index is 544. The first kappa shape index (κ1) is 11.3. The maximum absolute atomic E-state index is 12.9. The van der Waals surface area contributed by atoms with Crippen molar-refractivity contribution >= 4 is 11.9 Å². The molecule has 0 saturated heterocycles. The summed E-state index contributed by atoms with van der Waals surface area (Å²) in [6.07, 6.45) is 3.16. The fraction of sp³-hybridized carbons (Fsp3) is 0. The van der Waals surface area contributed by atoms with Crippen molar-refractivity contribution in [1.82, 2.24) is 0 Å². The van der Waals surface area contributed by atoms with Crippen LogP contribution in [-0.4, -0.2) is 5.78 Å². The Hall–Kier alpha value is -2.22. The number of ketones is 1. The molecule has 0 bridgehead atoms. The summed E-state index contributed by atoms with van der Waals surface area (Å²) in [5, 5.41) is 0. The summed E-state index contributed by atoms with van der Waals surface area (Å²) in [5.74, 6) is -0.600. The summed E-state index contributed by atoms with van der Waals surface area (Å²) < 4.78 is 12.9. The molecule has 2 aromatic rings. The first-order valence-electron chi connectivity index (χ1n) is 5.29. The monoisotopic (exact) mass is 226 g/mol. The Morgan fingerprint density at radius 1 is 1.00 bits per heavy atom. The van der Waals surface area contributed by atoms with Crippen LogP contribution >= 0.6 is 0 Å². The Morgan fingerprint density at radius 2 is 1.76 bits per heavy atom. The predicted octanol–water partition coefficient (Wildman–Crippen LogP) is 3.72. The summed E-state index contributed by atoms with van der Waals surface area (Å²) in [4.78, 5) is 11.7. The van der Waals surface area contributed by atoms with Gasteiger partial charge in [0, 0.05) is 5.56 Å². The maximum Gasteiger partial charge on any atom is 0.185 e. The van der Waals surface area contributed by atoms with E-state index in [2.05, 4.69) is 0 Å². The zero-order valence-electron chi connectivity index (χ0n) is 9.14. The molecule has 1 nitrogen and oxygen atoms in total. The van der Waals surface area contributed by atoms with Crippen molar-refractivity contribution in [3.63, 3.8) is 0 Å². The highest BCUT2D eigenvalue weighted by atomic mass is 19.1. The van der Waals surface area contributed by atoms with E-state index in [4.69, 9.17) is 0 Å². The number of carbonyl (C=O) groups excluding carboxylic acids is 1. The molecule has 0 atom stereocenters. The van der Waals surface area contributed by atoms with Crippen LogP contribution < -0.4 is 0 Å². The van der Waals surface area contributed by atoms with Gasteiger partial charge in [0.15, 0.2) is 5.78 Å². The van der Waals surface area contributed by atoms with Crippen molar-refractivity contribution in [2.45, 2.75) is 0 Å². The average Bonchev–Trinajstić information content (AvgIpc) is 2.37. The topological polar surface area (TPSA) is 17.1 Å². The number of allylic oxidation sites excluding steroid dienone is 1. The number of halogens is 1. The van der Waals surface area contributed by atoms with Crippen molar-refractivity contribution in [3.8, 4) is 0 Å². The second kappa shape index (κ2) is 5.21. The number of benzene rings is 2. The smallest absolute Gasteiger partial charge is 0.185 e. The molecule has 0 amide bonds. The highest BCUT2D eigenvalue weighted by Crippen LogP contribution is 2.07. The predicted molar refractivity (Wildman–Crippen MR) is 66.2 cm³/mol. The lowest BCUT2D eigenvalue weighted by atomic mass is 10.1. The normalized spacial score (nSPS) is 10.6. The van der Waals surface area contributed by atoms with Crippen LogP contribution in [0.2, 0.25) is 0 Å². The van der Waals surface area contributed by atoms with Gasteiger partial charge in [0.1, 0.15) is 5.82 Å². The molecule has 0 aromatic heterocycles. The molecule has 0 unspecified atom stereocenters. The van der Waals surface area contributed by atoms with Gasteiger partial charge in [0.05, 0.1) is 0 Å². The fourth-order valence-electron chi connectivity index (χ4n) is 1.47. The van der Waals surface area contributed by atoms with Crippen LogP contribution in [0, 0.1) is 5.82 Å². The van der Waals surface area contributed by atoms with E-state index in [1.807, 2.05) is 30.3 Å². The van der Waals surface area contributed by atoms with Crippen LogP contribution in [0.25, 0.3) is 6.08 Å². The molecule has 0 aliphatic rings. The lowest BCUT2D eigenvalue weighted by Gasteiger charge is -1.95. The fourth-order valence-corrected chi connectivity index (χ4v) is 1.47. The van der Waals surface area contributed by atoms with E-state index in [1.165, 1.54) is 24.3 Å². The van der Waals surface area contributed by atoms with Gasteiger partial charge in [-0.05, 0) is 23.8 Å². The van der Waals surface area contributed by atoms with E-state index in [9.17, 15) is 9.18 Å². The van der Waals surface area contributed by atoms with Gasteiger partial charge in [-0.2, -0.15) is 0 Å². The second-order valence-corrected chi connectivity index (χ2v) is 3.62. The van der Waals surface area contributed by atoms with Gasteiger partial charge in [-0.1, -0.05) is 48.5 Å². The van der Waals surface area contributed by atoms with Crippen molar-refractivity contribution in [2.24, 2.45) is 0 Å². The molecule has 0 radical (unpaired) electrons. The van der Waals surface area contributed by atoms with E-state index < -0.39 is 5.82 Å². The third kappa shape index (κ3) is 3.11. The third-order valence-corrected chi connectivity index (χ3v) is 2.34. The molecular weight excluding hydrogens is 215 g/mol. The summed E-state index contributed by atoms with van der Waals surface area (Å²) in [7, 11) is 0. The van der Waals surface area contributed by atoms with Crippen LogP contribution in [0.4, 0.5) is 4.39 Å². The minimum atomic E-state index is -0.399. The lowest BCUT2D eigenvalue weighted by molar-refractivity contribution is 0.104. The molecule has 2 heteroatoms. The second-order valence-electron chi connectivity index (χ2n) is 3.62. The Morgan fingerprint density at radius 3 is 2.47 bits per heavy atom. The van der Waals surface area contributed by atoms with Crippen LogP contribution in [0.3, 0.4) is 0 Å². The minimum Gasteiger partial charge on any atom is -0.289 e. The van der Waals surface area contributed by atoms with Crippen LogP contribution in [0.15, 0.2) is 60.7 Å². The first-order chi connectivity index (χ1) is 8.25. The Labute approximate surface area is 99.2 Å². The number of hydrogen-bond acceptors (Lipinski definition) is 1. The molecule has 0 heterocycles. The summed E-state index contributed by atoms with van der Waals surface area (Å²) in [6.45, 7) is 0. The highest BCUT2D eigenvalue weighted by molar-refractivity contribution is 6.06. The zero-order chi connectivity index (χ0) is 12.1. The number of hydrogen-bond donors (Lipinski definition) is 0. The van der Waals surface area contributed by atoms with Crippen molar-refractivity contribution < 1.29 is 9.18 Å². The van der Waals surface area contributed by atoms with Crippen molar-refractivity contribution in [3.05, 3.63) is 77.6 Å². The molecule has 84 valence electrons. The number of rotatable bonds is 3. The van der Waals surface area contributed by atoms with Gasteiger partial charge in [-0.3, -0.25) is 4.79 Å². The molecule has 0 spiro atoms. The zero-order valence-corrected chi connectivity index (χ0v) is 9.14. The van der Waals surface area contributed by atoms with Crippen LogP contribution in [0.5, 0.6) is 0 Å². The van der Waals surface area contributed by atoms with Gasteiger partial charge >= 0.3 is 0 Å². The molecule has 2 rings (SSSR count).